The van der Waals surface area contributed by atoms with Crippen LogP contribution in [0.25, 0.3) is 6.08 Å². The number of hydrogen-bond donors (Lipinski definition) is 1. The average Bonchev–Trinajstić information content (AvgIpc) is 2.48. The first-order valence-electron chi connectivity index (χ1n) is 3.92. The number of anilines is 1. The normalized spacial score (nSPS) is 10.5. The van der Waals surface area contributed by atoms with Crippen molar-refractivity contribution in [2.45, 2.75) is 6.92 Å². The highest BCUT2D eigenvalue weighted by molar-refractivity contribution is 7.11. The van der Waals surface area contributed by atoms with E-state index in [9.17, 15) is 4.79 Å². The Hall–Kier alpha value is -1.29. The zero-order chi connectivity index (χ0) is 9.68. The Bertz CT molecular complexity index is 317. The van der Waals surface area contributed by atoms with Gasteiger partial charge in [-0.3, -0.25) is 0 Å². The lowest BCUT2D eigenvalue weighted by atomic mass is 10.3. The van der Waals surface area contributed by atoms with Crippen LogP contribution in [0.15, 0.2) is 17.5 Å². The summed E-state index contributed by atoms with van der Waals surface area (Å²) in [6.45, 7) is 2.16. The standard InChI is InChI=1S/C9H11NO2S/c1-2-12-9(11)4-3-8-7(10)5-6-13-8/h3-6H,2,10H2,1H3. The largest absolute Gasteiger partial charge is 0.463 e. The number of thiophene rings is 1. The smallest absolute Gasteiger partial charge is 0.330 e. The Morgan fingerprint density at radius 1 is 1.77 bits per heavy atom. The molecule has 1 heterocycles. The van der Waals surface area contributed by atoms with Gasteiger partial charge in [0, 0.05) is 11.8 Å². The van der Waals surface area contributed by atoms with Gasteiger partial charge in [0.25, 0.3) is 0 Å². The molecule has 0 aliphatic heterocycles. The molecule has 1 aromatic rings. The monoisotopic (exact) mass is 197 g/mol. The van der Waals surface area contributed by atoms with Gasteiger partial charge < -0.3 is 10.5 Å². The van der Waals surface area contributed by atoms with Gasteiger partial charge in [-0.25, -0.2) is 4.79 Å². The first kappa shape index (κ1) is 9.80. The van der Waals surface area contributed by atoms with Crippen LogP contribution in [0.5, 0.6) is 0 Å². The van der Waals surface area contributed by atoms with Gasteiger partial charge in [-0.15, -0.1) is 11.3 Å². The molecule has 0 amide bonds. The lowest BCUT2D eigenvalue weighted by Crippen LogP contribution is -1.98. The van der Waals surface area contributed by atoms with Gasteiger partial charge in [-0.2, -0.15) is 0 Å². The molecule has 0 unspecified atom stereocenters. The highest BCUT2D eigenvalue weighted by Crippen LogP contribution is 2.19. The van der Waals surface area contributed by atoms with Crippen LogP contribution < -0.4 is 5.73 Å². The number of nitrogen functional groups attached to an aromatic ring is 1. The van der Waals surface area contributed by atoms with Crippen molar-refractivity contribution in [2.24, 2.45) is 0 Å². The van der Waals surface area contributed by atoms with Crippen LogP contribution in [0.3, 0.4) is 0 Å². The molecule has 0 radical (unpaired) electrons. The molecule has 3 nitrogen and oxygen atoms in total. The summed E-state index contributed by atoms with van der Waals surface area (Å²) in [6, 6.07) is 1.80. The Balaban J connectivity index is 2.58. The minimum absolute atomic E-state index is 0.338. The molecule has 2 N–H and O–H groups in total. The van der Waals surface area contributed by atoms with Gasteiger partial charge in [-0.1, -0.05) is 0 Å². The molecular weight excluding hydrogens is 186 g/mol. The lowest BCUT2D eigenvalue weighted by Gasteiger charge is -1.94. The van der Waals surface area contributed by atoms with Crippen LogP contribution in [0.1, 0.15) is 11.8 Å². The molecule has 0 atom stereocenters. The molecule has 1 rings (SSSR count). The Labute approximate surface area is 80.8 Å². The van der Waals surface area contributed by atoms with Crippen molar-refractivity contribution in [3.63, 3.8) is 0 Å². The number of ether oxygens (including phenoxy) is 1. The van der Waals surface area contributed by atoms with E-state index in [1.165, 1.54) is 17.4 Å². The maximum Gasteiger partial charge on any atom is 0.330 e. The van der Waals surface area contributed by atoms with Crippen LogP contribution >= 0.6 is 11.3 Å². The first-order chi connectivity index (χ1) is 6.24. The minimum atomic E-state index is -0.338. The molecule has 0 aliphatic rings. The van der Waals surface area contributed by atoms with Crippen molar-refractivity contribution in [3.8, 4) is 0 Å². The Morgan fingerprint density at radius 2 is 2.54 bits per heavy atom. The van der Waals surface area contributed by atoms with Gasteiger partial charge in [0.05, 0.1) is 11.5 Å². The van der Waals surface area contributed by atoms with Crippen molar-refractivity contribution in [1.82, 2.24) is 0 Å². The summed E-state index contributed by atoms with van der Waals surface area (Å²) in [5.41, 5.74) is 6.29. The van der Waals surface area contributed by atoms with Crippen LogP contribution in [0.2, 0.25) is 0 Å². The second-order valence-electron chi connectivity index (χ2n) is 2.33. The summed E-state index contributed by atoms with van der Waals surface area (Å²) < 4.78 is 4.72. The van der Waals surface area contributed by atoms with Gasteiger partial charge in [0.15, 0.2) is 0 Å². The molecule has 0 bridgehead atoms. The van der Waals surface area contributed by atoms with E-state index < -0.39 is 0 Å². The van der Waals surface area contributed by atoms with Gasteiger partial charge in [-0.05, 0) is 24.4 Å². The summed E-state index contributed by atoms with van der Waals surface area (Å²) in [5.74, 6) is -0.338. The second-order valence-corrected chi connectivity index (χ2v) is 3.27. The summed E-state index contributed by atoms with van der Waals surface area (Å²) in [5, 5.41) is 1.88. The van der Waals surface area contributed by atoms with Crippen LogP contribution in [-0.2, 0) is 9.53 Å². The highest BCUT2D eigenvalue weighted by Gasteiger charge is 1.97. The predicted octanol–water partition coefficient (Wildman–Crippen LogP) is 1.91. The van der Waals surface area contributed by atoms with E-state index >= 15 is 0 Å². The van der Waals surface area contributed by atoms with Crippen molar-refractivity contribution in [2.75, 3.05) is 12.3 Å². The summed E-state index contributed by atoms with van der Waals surface area (Å²) in [6.07, 6.45) is 3.05. The molecule has 0 saturated carbocycles. The third-order valence-corrected chi connectivity index (χ3v) is 2.28. The first-order valence-corrected chi connectivity index (χ1v) is 4.79. The summed E-state index contributed by atoms with van der Waals surface area (Å²) in [4.78, 5) is 11.8. The van der Waals surface area contributed by atoms with Crippen molar-refractivity contribution >= 4 is 29.1 Å². The van der Waals surface area contributed by atoms with Gasteiger partial charge in [0.2, 0.25) is 0 Å². The molecular formula is C9H11NO2S. The predicted molar refractivity (Wildman–Crippen MR) is 54.4 cm³/mol. The lowest BCUT2D eigenvalue weighted by molar-refractivity contribution is -0.137. The number of carbonyl (C=O) groups is 1. The Morgan fingerprint density at radius 3 is 3.08 bits per heavy atom. The fourth-order valence-electron chi connectivity index (χ4n) is 0.800. The number of hydrogen-bond acceptors (Lipinski definition) is 4. The molecule has 13 heavy (non-hydrogen) atoms. The van der Waals surface area contributed by atoms with E-state index in [1.807, 2.05) is 5.38 Å². The Kier molecular flexibility index (Phi) is 3.52. The van der Waals surface area contributed by atoms with E-state index in [2.05, 4.69) is 0 Å². The molecule has 0 fully saturated rings. The number of esters is 1. The minimum Gasteiger partial charge on any atom is -0.463 e. The number of carbonyl (C=O) groups excluding carboxylic acids is 1. The van der Waals surface area contributed by atoms with E-state index in [0.29, 0.717) is 12.3 Å². The quantitative estimate of drug-likeness (QED) is 0.594. The molecule has 0 spiro atoms. The van der Waals surface area contributed by atoms with Gasteiger partial charge in [0.1, 0.15) is 0 Å². The summed E-state index contributed by atoms with van der Waals surface area (Å²) in [7, 11) is 0. The third-order valence-electron chi connectivity index (χ3n) is 1.38. The molecule has 4 heteroatoms. The number of nitrogens with two attached hydrogens (primary N) is 1. The third kappa shape index (κ3) is 2.91. The van der Waals surface area contributed by atoms with Crippen LogP contribution in [0, 0.1) is 0 Å². The molecule has 0 aliphatic carbocycles. The topological polar surface area (TPSA) is 52.3 Å². The fraction of sp³-hybridized carbons (Fsp3) is 0.222. The van der Waals surface area contributed by atoms with Crippen molar-refractivity contribution < 1.29 is 9.53 Å². The van der Waals surface area contributed by atoms with Crippen LogP contribution in [-0.4, -0.2) is 12.6 Å². The fourth-order valence-corrected chi connectivity index (χ4v) is 1.51. The highest BCUT2D eigenvalue weighted by atomic mass is 32.1. The summed E-state index contributed by atoms with van der Waals surface area (Å²) >= 11 is 1.49. The maximum atomic E-state index is 10.9. The van der Waals surface area contributed by atoms with Crippen molar-refractivity contribution in [1.29, 1.82) is 0 Å². The average molecular weight is 197 g/mol. The zero-order valence-corrected chi connectivity index (χ0v) is 8.14. The van der Waals surface area contributed by atoms with Crippen LogP contribution in [0.4, 0.5) is 5.69 Å². The molecule has 0 saturated heterocycles. The van der Waals surface area contributed by atoms with Gasteiger partial charge >= 0.3 is 5.97 Å². The van der Waals surface area contributed by atoms with Crippen molar-refractivity contribution in [3.05, 3.63) is 22.4 Å². The number of rotatable bonds is 3. The van der Waals surface area contributed by atoms with E-state index in [0.717, 1.165) is 4.88 Å². The SMILES string of the molecule is CCOC(=O)C=Cc1sccc1N. The molecule has 0 aromatic carbocycles. The van der Waals surface area contributed by atoms with E-state index in [1.54, 1.807) is 19.1 Å². The second kappa shape index (κ2) is 4.67. The maximum absolute atomic E-state index is 10.9. The molecule has 1 aromatic heterocycles. The molecule has 70 valence electrons. The zero-order valence-electron chi connectivity index (χ0n) is 7.32. The van der Waals surface area contributed by atoms with E-state index in [4.69, 9.17) is 10.5 Å². The van der Waals surface area contributed by atoms with E-state index in [-0.39, 0.29) is 5.97 Å².